The molecule has 0 radical (unpaired) electrons. The summed E-state index contributed by atoms with van der Waals surface area (Å²) in [5, 5.41) is 11.9. The van der Waals surface area contributed by atoms with E-state index in [1.165, 1.54) is 0 Å². The third-order valence-electron chi connectivity index (χ3n) is 3.68. The largest absolute Gasteiger partial charge is 0.399 e. The molecule has 20 heavy (non-hydrogen) atoms. The quantitative estimate of drug-likeness (QED) is 0.685. The zero-order chi connectivity index (χ0) is 14.4. The number of benzene rings is 1. The van der Waals surface area contributed by atoms with Crippen molar-refractivity contribution in [2.24, 2.45) is 5.92 Å². The van der Waals surface area contributed by atoms with Crippen LogP contribution in [-0.4, -0.2) is 42.2 Å². The number of likely N-dealkylation sites (tertiary alicyclic amines) is 1. The van der Waals surface area contributed by atoms with Gasteiger partial charge in [-0.15, -0.1) is 0 Å². The summed E-state index contributed by atoms with van der Waals surface area (Å²) in [5.41, 5.74) is 7.06. The van der Waals surface area contributed by atoms with E-state index in [4.69, 9.17) is 10.8 Å². The van der Waals surface area contributed by atoms with Gasteiger partial charge in [-0.25, -0.2) is 0 Å². The second kappa shape index (κ2) is 7.26. The SMILES string of the molecule is Nc1cccc(NC(=O)CCCN2CCC(CO)C2)c1. The summed E-state index contributed by atoms with van der Waals surface area (Å²) in [6.07, 6.45) is 2.41. The normalized spacial score (nSPS) is 19.1. The van der Waals surface area contributed by atoms with Crippen molar-refractivity contribution in [1.82, 2.24) is 4.90 Å². The predicted octanol–water partition coefficient (Wildman–Crippen LogP) is 1.30. The van der Waals surface area contributed by atoms with Crippen molar-refractivity contribution in [2.45, 2.75) is 19.3 Å². The van der Waals surface area contributed by atoms with Crippen molar-refractivity contribution < 1.29 is 9.90 Å². The Balaban J connectivity index is 1.66. The van der Waals surface area contributed by atoms with Gasteiger partial charge in [0.2, 0.25) is 5.91 Å². The molecular weight excluding hydrogens is 254 g/mol. The summed E-state index contributed by atoms with van der Waals surface area (Å²) in [6.45, 7) is 3.17. The number of anilines is 2. The molecule has 1 aliphatic heterocycles. The summed E-state index contributed by atoms with van der Waals surface area (Å²) < 4.78 is 0. The van der Waals surface area contributed by atoms with Gasteiger partial charge in [-0.3, -0.25) is 4.79 Å². The minimum atomic E-state index is 0.0218. The lowest BCUT2D eigenvalue weighted by atomic mass is 10.1. The van der Waals surface area contributed by atoms with Gasteiger partial charge in [0.25, 0.3) is 0 Å². The second-order valence-electron chi connectivity index (χ2n) is 5.42. The van der Waals surface area contributed by atoms with Crippen molar-refractivity contribution in [3.05, 3.63) is 24.3 Å². The number of aliphatic hydroxyl groups excluding tert-OH is 1. The van der Waals surface area contributed by atoms with Crippen LogP contribution in [0.3, 0.4) is 0 Å². The first-order valence-electron chi connectivity index (χ1n) is 7.16. The first kappa shape index (κ1) is 14.8. The molecule has 0 spiro atoms. The van der Waals surface area contributed by atoms with E-state index in [0.717, 1.165) is 38.2 Å². The topological polar surface area (TPSA) is 78.6 Å². The van der Waals surface area contributed by atoms with Crippen LogP contribution in [0.1, 0.15) is 19.3 Å². The highest BCUT2D eigenvalue weighted by Gasteiger charge is 2.21. The molecule has 1 unspecified atom stereocenters. The molecule has 0 aromatic heterocycles. The lowest BCUT2D eigenvalue weighted by Gasteiger charge is -2.15. The highest BCUT2D eigenvalue weighted by molar-refractivity contribution is 5.91. The molecule has 1 fully saturated rings. The number of carbonyl (C=O) groups is 1. The molecule has 5 nitrogen and oxygen atoms in total. The third-order valence-corrected chi connectivity index (χ3v) is 3.68. The van der Waals surface area contributed by atoms with E-state index in [9.17, 15) is 4.79 Å². The molecule has 1 heterocycles. The lowest BCUT2D eigenvalue weighted by molar-refractivity contribution is -0.116. The van der Waals surface area contributed by atoms with Crippen LogP contribution in [0.15, 0.2) is 24.3 Å². The lowest BCUT2D eigenvalue weighted by Crippen LogP contribution is -2.24. The fraction of sp³-hybridized carbons (Fsp3) is 0.533. The minimum Gasteiger partial charge on any atom is -0.399 e. The number of aliphatic hydroxyl groups is 1. The fourth-order valence-corrected chi connectivity index (χ4v) is 2.57. The van der Waals surface area contributed by atoms with Gasteiger partial charge in [-0.05, 0) is 50.0 Å². The van der Waals surface area contributed by atoms with Crippen molar-refractivity contribution in [3.8, 4) is 0 Å². The van der Waals surface area contributed by atoms with Gasteiger partial charge < -0.3 is 21.1 Å². The van der Waals surface area contributed by atoms with Crippen LogP contribution in [0.25, 0.3) is 0 Å². The zero-order valence-electron chi connectivity index (χ0n) is 11.7. The van der Waals surface area contributed by atoms with Crippen LogP contribution in [0, 0.1) is 5.92 Å². The Morgan fingerprint density at radius 3 is 3.05 bits per heavy atom. The van der Waals surface area contributed by atoms with E-state index >= 15 is 0 Å². The fourth-order valence-electron chi connectivity index (χ4n) is 2.57. The van der Waals surface area contributed by atoms with Gasteiger partial charge in [0.1, 0.15) is 0 Å². The Kier molecular flexibility index (Phi) is 5.38. The van der Waals surface area contributed by atoms with Gasteiger partial charge in [-0.1, -0.05) is 6.07 Å². The Bertz CT molecular complexity index is 450. The van der Waals surface area contributed by atoms with Gasteiger partial charge >= 0.3 is 0 Å². The van der Waals surface area contributed by atoms with E-state index in [1.807, 2.05) is 12.1 Å². The van der Waals surface area contributed by atoms with Crippen molar-refractivity contribution in [2.75, 3.05) is 37.3 Å². The average Bonchev–Trinajstić information content (AvgIpc) is 2.86. The Morgan fingerprint density at radius 1 is 1.50 bits per heavy atom. The molecule has 1 saturated heterocycles. The van der Waals surface area contributed by atoms with E-state index < -0.39 is 0 Å². The maximum atomic E-state index is 11.8. The summed E-state index contributed by atoms with van der Waals surface area (Å²) >= 11 is 0. The van der Waals surface area contributed by atoms with E-state index in [-0.39, 0.29) is 12.5 Å². The van der Waals surface area contributed by atoms with Crippen LogP contribution in [-0.2, 0) is 4.79 Å². The Hall–Kier alpha value is -1.59. The second-order valence-corrected chi connectivity index (χ2v) is 5.42. The van der Waals surface area contributed by atoms with Gasteiger partial charge in [0.15, 0.2) is 0 Å². The number of amides is 1. The first-order valence-corrected chi connectivity index (χ1v) is 7.16. The summed E-state index contributed by atoms with van der Waals surface area (Å²) in [6, 6.07) is 7.20. The van der Waals surface area contributed by atoms with Crippen LogP contribution >= 0.6 is 0 Å². The standard InChI is InChI=1S/C15H23N3O2/c16-13-3-1-4-14(9-13)17-15(20)5-2-7-18-8-6-12(10-18)11-19/h1,3-4,9,12,19H,2,5-8,10-11,16H2,(H,17,20). The molecule has 1 aromatic rings. The Morgan fingerprint density at radius 2 is 2.35 bits per heavy atom. The molecule has 0 bridgehead atoms. The number of hydrogen-bond donors (Lipinski definition) is 3. The molecule has 0 saturated carbocycles. The molecule has 110 valence electrons. The molecule has 1 aliphatic rings. The Labute approximate surface area is 119 Å². The highest BCUT2D eigenvalue weighted by atomic mass is 16.3. The highest BCUT2D eigenvalue weighted by Crippen LogP contribution is 2.16. The van der Waals surface area contributed by atoms with E-state index in [2.05, 4.69) is 10.2 Å². The number of nitrogen functional groups attached to an aromatic ring is 1. The molecule has 4 N–H and O–H groups in total. The maximum Gasteiger partial charge on any atom is 0.224 e. The number of hydrogen-bond acceptors (Lipinski definition) is 4. The molecular formula is C15H23N3O2. The number of rotatable bonds is 6. The molecule has 1 aromatic carbocycles. The number of carbonyl (C=O) groups excluding carboxylic acids is 1. The van der Waals surface area contributed by atoms with E-state index in [0.29, 0.717) is 18.0 Å². The minimum absolute atomic E-state index is 0.0218. The molecule has 2 rings (SSSR count). The third kappa shape index (κ3) is 4.51. The summed E-state index contributed by atoms with van der Waals surface area (Å²) in [5.74, 6) is 0.435. The van der Waals surface area contributed by atoms with Crippen molar-refractivity contribution in [3.63, 3.8) is 0 Å². The molecule has 1 amide bonds. The molecule has 5 heteroatoms. The van der Waals surface area contributed by atoms with E-state index in [1.54, 1.807) is 12.1 Å². The summed E-state index contributed by atoms with van der Waals surface area (Å²) in [4.78, 5) is 14.1. The first-order chi connectivity index (χ1) is 9.67. The number of nitrogens with two attached hydrogens (primary N) is 1. The van der Waals surface area contributed by atoms with Gasteiger partial charge in [0.05, 0.1) is 0 Å². The molecule has 0 aliphatic carbocycles. The number of nitrogens with zero attached hydrogens (tertiary/aromatic N) is 1. The predicted molar refractivity (Wildman–Crippen MR) is 80.4 cm³/mol. The zero-order valence-corrected chi connectivity index (χ0v) is 11.7. The van der Waals surface area contributed by atoms with Crippen LogP contribution < -0.4 is 11.1 Å². The number of nitrogens with one attached hydrogen (secondary N) is 1. The van der Waals surface area contributed by atoms with Gasteiger partial charge in [-0.2, -0.15) is 0 Å². The summed E-state index contributed by atoms with van der Waals surface area (Å²) in [7, 11) is 0. The van der Waals surface area contributed by atoms with Crippen molar-refractivity contribution >= 4 is 17.3 Å². The smallest absolute Gasteiger partial charge is 0.224 e. The van der Waals surface area contributed by atoms with Crippen molar-refractivity contribution in [1.29, 1.82) is 0 Å². The average molecular weight is 277 g/mol. The van der Waals surface area contributed by atoms with Crippen LogP contribution in [0.4, 0.5) is 11.4 Å². The van der Waals surface area contributed by atoms with Gasteiger partial charge in [0, 0.05) is 30.9 Å². The monoisotopic (exact) mass is 277 g/mol. The maximum absolute atomic E-state index is 11.8. The molecule has 1 atom stereocenters. The van der Waals surface area contributed by atoms with Crippen LogP contribution in [0.5, 0.6) is 0 Å². The van der Waals surface area contributed by atoms with Crippen LogP contribution in [0.2, 0.25) is 0 Å².